The number of imidazole rings is 1. The van der Waals surface area contributed by atoms with Gasteiger partial charge in [0.2, 0.25) is 0 Å². The van der Waals surface area contributed by atoms with Crippen LogP contribution in [0.25, 0.3) is 0 Å². The van der Waals surface area contributed by atoms with Crippen molar-refractivity contribution in [1.29, 1.82) is 0 Å². The van der Waals surface area contributed by atoms with E-state index in [-0.39, 0.29) is 0 Å². The van der Waals surface area contributed by atoms with Crippen molar-refractivity contribution in [3.8, 4) is 0 Å². The topological polar surface area (TPSA) is 43.8 Å². The number of nitrogens with zero attached hydrogens (tertiary/aromatic N) is 2. The van der Waals surface area contributed by atoms with Crippen LogP contribution in [0.2, 0.25) is 0 Å². The second kappa shape index (κ2) is 6.80. The molecule has 0 spiro atoms. The van der Waals surface area contributed by atoms with Crippen molar-refractivity contribution >= 4 is 0 Å². The second-order valence-electron chi connectivity index (χ2n) is 5.63. The summed E-state index contributed by atoms with van der Waals surface area (Å²) in [6.07, 6.45) is 6.41. The first-order chi connectivity index (χ1) is 8.06. The molecule has 0 aliphatic heterocycles. The van der Waals surface area contributed by atoms with Gasteiger partial charge in [0.15, 0.2) is 0 Å². The summed E-state index contributed by atoms with van der Waals surface area (Å²) >= 11 is 0. The van der Waals surface area contributed by atoms with Gasteiger partial charge in [-0.3, -0.25) is 0 Å². The molecule has 2 N–H and O–H groups in total. The number of nitrogens with two attached hydrogens (primary N) is 1. The van der Waals surface area contributed by atoms with Gasteiger partial charge in [-0.15, -0.1) is 0 Å². The largest absolute Gasteiger partial charge is 0.334 e. The van der Waals surface area contributed by atoms with Crippen molar-refractivity contribution in [2.75, 3.05) is 6.54 Å². The average molecular weight is 237 g/mol. The minimum atomic E-state index is 0.427. The fraction of sp³-hybridized carbons (Fsp3) is 0.786. The van der Waals surface area contributed by atoms with Crippen LogP contribution in [-0.4, -0.2) is 16.1 Å². The highest BCUT2D eigenvalue weighted by Crippen LogP contribution is 2.23. The highest BCUT2D eigenvalue weighted by Gasteiger charge is 2.17. The Labute approximate surface area is 105 Å². The van der Waals surface area contributed by atoms with Gasteiger partial charge in [0.05, 0.1) is 6.33 Å². The summed E-state index contributed by atoms with van der Waals surface area (Å²) in [6.45, 7) is 10.8. The lowest BCUT2D eigenvalue weighted by Crippen LogP contribution is -2.21. The van der Waals surface area contributed by atoms with Crippen LogP contribution in [0.3, 0.4) is 0 Å². The average Bonchev–Trinajstić information content (AvgIpc) is 2.66. The molecule has 98 valence electrons. The zero-order chi connectivity index (χ0) is 12.8. The molecule has 3 nitrogen and oxygen atoms in total. The standard InChI is InChI=1S/C14H27N3/c1-11(2)6-5-7-17-10-16-9-14(17)13(8-15)12(3)4/h9-13H,5-8,15H2,1-4H3. The SMILES string of the molecule is CC(C)CCCn1cncc1C(CN)C(C)C. The minimum Gasteiger partial charge on any atom is -0.334 e. The molecule has 0 aliphatic rings. The maximum absolute atomic E-state index is 5.87. The van der Waals surface area contributed by atoms with Gasteiger partial charge in [0.1, 0.15) is 0 Å². The predicted octanol–water partition coefficient (Wildman–Crippen LogP) is 3.02. The molecule has 0 saturated carbocycles. The van der Waals surface area contributed by atoms with E-state index in [1.54, 1.807) is 0 Å². The van der Waals surface area contributed by atoms with Crippen LogP contribution < -0.4 is 5.73 Å². The summed E-state index contributed by atoms with van der Waals surface area (Å²) in [5, 5.41) is 0. The quantitative estimate of drug-likeness (QED) is 0.792. The van der Waals surface area contributed by atoms with Gasteiger partial charge in [-0.25, -0.2) is 4.98 Å². The van der Waals surface area contributed by atoms with Gasteiger partial charge in [-0.2, -0.15) is 0 Å². The zero-order valence-electron chi connectivity index (χ0n) is 11.7. The summed E-state index contributed by atoms with van der Waals surface area (Å²) < 4.78 is 2.28. The molecule has 1 heterocycles. The van der Waals surface area contributed by atoms with Crippen molar-refractivity contribution in [2.24, 2.45) is 17.6 Å². The van der Waals surface area contributed by atoms with Gasteiger partial charge in [-0.05, 0) is 24.7 Å². The van der Waals surface area contributed by atoms with Crippen LogP contribution >= 0.6 is 0 Å². The number of aryl methyl sites for hydroxylation is 1. The summed E-state index contributed by atoms with van der Waals surface area (Å²) in [5.74, 6) is 1.77. The molecule has 1 unspecified atom stereocenters. The molecule has 1 aromatic rings. The van der Waals surface area contributed by atoms with Crippen LogP contribution in [-0.2, 0) is 6.54 Å². The fourth-order valence-electron chi connectivity index (χ4n) is 2.23. The van der Waals surface area contributed by atoms with Crippen LogP contribution in [0.1, 0.15) is 52.1 Å². The van der Waals surface area contributed by atoms with E-state index >= 15 is 0 Å². The van der Waals surface area contributed by atoms with E-state index in [9.17, 15) is 0 Å². The number of hydrogen-bond donors (Lipinski definition) is 1. The third-order valence-electron chi connectivity index (χ3n) is 3.36. The molecular formula is C14H27N3. The Balaban J connectivity index is 2.64. The Kier molecular flexibility index (Phi) is 5.69. The molecule has 1 aromatic heterocycles. The predicted molar refractivity (Wildman–Crippen MR) is 72.9 cm³/mol. The first-order valence-electron chi connectivity index (χ1n) is 6.76. The normalized spacial score (nSPS) is 13.6. The molecule has 0 amide bonds. The molecule has 1 atom stereocenters. The first kappa shape index (κ1) is 14.2. The lowest BCUT2D eigenvalue weighted by atomic mass is 9.93. The molecule has 0 aromatic carbocycles. The highest BCUT2D eigenvalue weighted by molar-refractivity contribution is 5.08. The monoisotopic (exact) mass is 237 g/mol. The smallest absolute Gasteiger partial charge is 0.0948 e. The Bertz CT molecular complexity index is 315. The summed E-state index contributed by atoms with van der Waals surface area (Å²) in [7, 11) is 0. The minimum absolute atomic E-state index is 0.427. The maximum atomic E-state index is 5.87. The summed E-state index contributed by atoms with van der Waals surface area (Å²) in [4.78, 5) is 4.28. The molecule has 17 heavy (non-hydrogen) atoms. The molecule has 0 aliphatic carbocycles. The molecule has 0 fully saturated rings. The van der Waals surface area contributed by atoms with Crippen LogP contribution in [0.4, 0.5) is 0 Å². The van der Waals surface area contributed by atoms with Gasteiger partial charge in [0.25, 0.3) is 0 Å². The first-order valence-corrected chi connectivity index (χ1v) is 6.76. The Morgan fingerprint density at radius 1 is 1.29 bits per heavy atom. The molecular weight excluding hydrogens is 210 g/mol. The van der Waals surface area contributed by atoms with Crippen LogP contribution in [0.15, 0.2) is 12.5 Å². The fourth-order valence-corrected chi connectivity index (χ4v) is 2.23. The second-order valence-corrected chi connectivity index (χ2v) is 5.63. The third kappa shape index (κ3) is 4.15. The lowest BCUT2D eigenvalue weighted by molar-refractivity contribution is 0.453. The van der Waals surface area contributed by atoms with Gasteiger partial charge >= 0.3 is 0 Å². The molecule has 0 radical (unpaired) electrons. The third-order valence-corrected chi connectivity index (χ3v) is 3.36. The van der Waals surface area contributed by atoms with E-state index in [2.05, 4.69) is 37.2 Å². The molecule has 3 heteroatoms. The molecule has 0 bridgehead atoms. The van der Waals surface area contributed by atoms with Crippen LogP contribution in [0, 0.1) is 11.8 Å². The van der Waals surface area contributed by atoms with E-state index in [0.717, 1.165) is 12.5 Å². The van der Waals surface area contributed by atoms with Gasteiger partial charge < -0.3 is 10.3 Å². The van der Waals surface area contributed by atoms with Crippen molar-refractivity contribution in [1.82, 2.24) is 9.55 Å². The van der Waals surface area contributed by atoms with Crippen molar-refractivity contribution in [3.05, 3.63) is 18.2 Å². The number of aromatic nitrogens is 2. The van der Waals surface area contributed by atoms with Crippen LogP contribution in [0.5, 0.6) is 0 Å². The van der Waals surface area contributed by atoms with E-state index in [1.165, 1.54) is 18.5 Å². The number of rotatable bonds is 7. The zero-order valence-corrected chi connectivity index (χ0v) is 11.7. The van der Waals surface area contributed by atoms with Crippen molar-refractivity contribution < 1.29 is 0 Å². The van der Waals surface area contributed by atoms with Gasteiger partial charge in [-0.1, -0.05) is 27.7 Å². The Morgan fingerprint density at radius 2 is 2.00 bits per heavy atom. The Morgan fingerprint density at radius 3 is 2.53 bits per heavy atom. The lowest BCUT2D eigenvalue weighted by Gasteiger charge is -2.20. The van der Waals surface area contributed by atoms with Crippen molar-refractivity contribution in [2.45, 2.75) is 53.0 Å². The molecule has 0 saturated heterocycles. The summed E-state index contributed by atoms with van der Waals surface area (Å²) in [6, 6.07) is 0. The Hall–Kier alpha value is -0.830. The van der Waals surface area contributed by atoms with E-state index in [1.807, 2.05) is 12.5 Å². The van der Waals surface area contributed by atoms with Crippen molar-refractivity contribution in [3.63, 3.8) is 0 Å². The van der Waals surface area contributed by atoms with Gasteiger partial charge in [0, 0.05) is 30.9 Å². The van der Waals surface area contributed by atoms with E-state index < -0.39 is 0 Å². The summed E-state index contributed by atoms with van der Waals surface area (Å²) in [5.41, 5.74) is 7.17. The van der Waals surface area contributed by atoms with E-state index in [4.69, 9.17) is 5.73 Å². The number of hydrogen-bond acceptors (Lipinski definition) is 2. The van der Waals surface area contributed by atoms with E-state index in [0.29, 0.717) is 18.4 Å². The maximum Gasteiger partial charge on any atom is 0.0948 e. The molecule has 1 rings (SSSR count). The highest BCUT2D eigenvalue weighted by atomic mass is 15.0.